The van der Waals surface area contributed by atoms with Gasteiger partial charge in [-0.3, -0.25) is 0 Å². The average molecular weight is 372 g/mol. The first-order valence-electron chi connectivity index (χ1n) is 11.8. The average Bonchev–Trinajstić information content (AvgIpc) is 2.70. The van der Waals surface area contributed by atoms with E-state index in [0.29, 0.717) is 0 Å². The Hall–Kier alpha value is -1.08. The van der Waals surface area contributed by atoms with Crippen molar-refractivity contribution in [3.05, 3.63) is 48.0 Å². The monoisotopic (exact) mass is 371 g/mol. The predicted octanol–water partition coefficient (Wildman–Crippen LogP) is 8.20. The van der Waals surface area contributed by atoms with Gasteiger partial charge in [0.2, 0.25) is 0 Å². The van der Waals surface area contributed by atoms with Gasteiger partial charge in [0.05, 0.1) is 0 Å². The number of hydrogen-bond acceptors (Lipinski definition) is 1. The Morgan fingerprint density at radius 1 is 0.630 bits per heavy atom. The van der Waals surface area contributed by atoms with E-state index in [0.717, 1.165) is 13.1 Å². The van der Waals surface area contributed by atoms with Crippen molar-refractivity contribution in [3.63, 3.8) is 0 Å². The molecule has 0 heterocycles. The molecule has 0 saturated carbocycles. The van der Waals surface area contributed by atoms with Crippen LogP contribution in [0.2, 0.25) is 0 Å². The molecule has 0 radical (unpaired) electrons. The van der Waals surface area contributed by atoms with Crippen molar-refractivity contribution in [2.24, 2.45) is 0 Å². The van der Waals surface area contributed by atoms with Crippen molar-refractivity contribution in [2.75, 3.05) is 6.54 Å². The molecule has 1 nitrogen and oxygen atoms in total. The van der Waals surface area contributed by atoms with Crippen LogP contribution >= 0.6 is 0 Å². The fraction of sp³-hybridized carbons (Fsp3) is 0.692. The lowest BCUT2D eigenvalue weighted by molar-refractivity contribution is 0.558. The number of hydrogen-bond donors (Lipinski definition) is 1. The van der Waals surface area contributed by atoms with E-state index in [2.05, 4.69) is 54.7 Å². The summed E-state index contributed by atoms with van der Waals surface area (Å²) in [5.41, 5.74) is 1.39. The summed E-state index contributed by atoms with van der Waals surface area (Å²) in [5, 5.41) is 3.55. The molecule has 27 heavy (non-hydrogen) atoms. The van der Waals surface area contributed by atoms with Crippen LogP contribution in [0.1, 0.15) is 109 Å². The van der Waals surface area contributed by atoms with Gasteiger partial charge in [0.1, 0.15) is 0 Å². The first kappa shape index (κ1) is 24.0. The maximum Gasteiger partial charge on any atom is 0.0205 e. The van der Waals surface area contributed by atoms with Crippen molar-refractivity contribution in [1.82, 2.24) is 5.32 Å². The first-order chi connectivity index (χ1) is 13.4. The summed E-state index contributed by atoms with van der Waals surface area (Å²) < 4.78 is 0. The summed E-state index contributed by atoms with van der Waals surface area (Å²) in [6.07, 6.45) is 25.6. The molecule has 0 aliphatic heterocycles. The van der Waals surface area contributed by atoms with Gasteiger partial charge in [-0.2, -0.15) is 0 Å². The zero-order valence-corrected chi connectivity index (χ0v) is 18.1. The van der Waals surface area contributed by atoms with Crippen LogP contribution in [0.25, 0.3) is 0 Å². The number of benzene rings is 1. The van der Waals surface area contributed by atoms with E-state index < -0.39 is 0 Å². The third-order valence-corrected chi connectivity index (χ3v) is 5.29. The van der Waals surface area contributed by atoms with E-state index in [1.165, 1.54) is 102 Å². The summed E-state index contributed by atoms with van der Waals surface area (Å²) in [4.78, 5) is 0. The summed E-state index contributed by atoms with van der Waals surface area (Å²) in [7, 11) is 0. The van der Waals surface area contributed by atoms with Crippen LogP contribution in [0.5, 0.6) is 0 Å². The van der Waals surface area contributed by atoms with Crippen molar-refractivity contribution in [1.29, 1.82) is 0 Å². The minimum absolute atomic E-state index is 1.01. The van der Waals surface area contributed by atoms with E-state index in [-0.39, 0.29) is 0 Å². The summed E-state index contributed by atoms with van der Waals surface area (Å²) >= 11 is 0. The molecule has 0 aliphatic rings. The summed E-state index contributed by atoms with van der Waals surface area (Å²) in [5.74, 6) is 0. The lowest BCUT2D eigenvalue weighted by atomic mass is 10.1. The maximum atomic E-state index is 3.55. The zero-order valence-electron chi connectivity index (χ0n) is 18.1. The van der Waals surface area contributed by atoms with Gasteiger partial charge in [-0.1, -0.05) is 114 Å². The van der Waals surface area contributed by atoms with Crippen molar-refractivity contribution < 1.29 is 0 Å². The van der Waals surface area contributed by atoms with Gasteiger partial charge < -0.3 is 5.32 Å². The minimum Gasteiger partial charge on any atom is -0.313 e. The van der Waals surface area contributed by atoms with Crippen LogP contribution in [0.15, 0.2) is 42.5 Å². The fourth-order valence-corrected chi connectivity index (χ4v) is 3.50. The number of allylic oxidation sites excluding steroid dienone is 2. The molecule has 0 aromatic heterocycles. The summed E-state index contributed by atoms with van der Waals surface area (Å²) in [6.45, 7) is 4.44. The van der Waals surface area contributed by atoms with E-state index >= 15 is 0 Å². The van der Waals surface area contributed by atoms with Gasteiger partial charge >= 0.3 is 0 Å². The Labute approximate surface area is 170 Å². The molecule has 0 aliphatic carbocycles. The second-order valence-corrected chi connectivity index (χ2v) is 7.95. The predicted molar refractivity (Wildman–Crippen MR) is 122 cm³/mol. The molecule has 0 amide bonds. The molecule has 0 spiro atoms. The highest BCUT2D eigenvalue weighted by Crippen LogP contribution is 2.10. The van der Waals surface area contributed by atoms with Gasteiger partial charge in [-0.15, -0.1) is 0 Å². The van der Waals surface area contributed by atoms with Gasteiger partial charge in [0.15, 0.2) is 0 Å². The second-order valence-electron chi connectivity index (χ2n) is 7.95. The molecule has 154 valence electrons. The van der Waals surface area contributed by atoms with E-state index in [9.17, 15) is 0 Å². The minimum atomic E-state index is 1.01. The van der Waals surface area contributed by atoms with E-state index in [4.69, 9.17) is 0 Å². The van der Waals surface area contributed by atoms with E-state index in [1.54, 1.807) is 0 Å². The topological polar surface area (TPSA) is 12.0 Å². The van der Waals surface area contributed by atoms with Gasteiger partial charge in [0, 0.05) is 6.54 Å². The van der Waals surface area contributed by atoms with Gasteiger partial charge in [0.25, 0.3) is 0 Å². The standard InChI is InChI=1S/C26H45N/c1-2-3-4-5-6-7-8-9-10-11-12-13-14-15-16-17-21-24-27-25-26-22-19-18-20-23-26/h9-10,18-20,22-23,27H,2-8,11-17,21,24-25H2,1H3/b10-9-. The maximum absolute atomic E-state index is 3.55. The number of rotatable bonds is 19. The van der Waals surface area contributed by atoms with Crippen LogP contribution in [0.4, 0.5) is 0 Å². The lowest BCUT2D eigenvalue weighted by Crippen LogP contribution is -2.14. The lowest BCUT2D eigenvalue weighted by Gasteiger charge is -2.05. The molecule has 1 aromatic carbocycles. The molecule has 0 fully saturated rings. The van der Waals surface area contributed by atoms with Gasteiger partial charge in [-0.05, 0) is 44.2 Å². The Balaban J connectivity index is 1.72. The third-order valence-electron chi connectivity index (χ3n) is 5.29. The Morgan fingerprint density at radius 2 is 1.15 bits per heavy atom. The molecule has 1 rings (SSSR count). The van der Waals surface area contributed by atoms with Crippen LogP contribution in [0, 0.1) is 0 Å². The normalized spacial score (nSPS) is 11.4. The van der Waals surface area contributed by atoms with Crippen molar-refractivity contribution in [2.45, 2.75) is 110 Å². The second kappa shape index (κ2) is 19.7. The highest BCUT2D eigenvalue weighted by atomic mass is 14.8. The number of nitrogens with one attached hydrogen (secondary N) is 1. The quantitative estimate of drug-likeness (QED) is 0.191. The fourth-order valence-electron chi connectivity index (χ4n) is 3.50. The van der Waals surface area contributed by atoms with Crippen LogP contribution in [-0.2, 0) is 6.54 Å². The van der Waals surface area contributed by atoms with Crippen molar-refractivity contribution in [3.8, 4) is 0 Å². The molecule has 1 aromatic rings. The molecule has 0 atom stereocenters. The molecule has 0 bridgehead atoms. The Bertz CT molecular complexity index is 423. The zero-order chi connectivity index (χ0) is 19.3. The summed E-state index contributed by atoms with van der Waals surface area (Å²) in [6, 6.07) is 10.7. The smallest absolute Gasteiger partial charge is 0.0205 e. The number of unbranched alkanes of at least 4 members (excludes halogenated alkanes) is 13. The Kier molecular flexibility index (Phi) is 17.5. The first-order valence-corrected chi connectivity index (χ1v) is 11.8. The molecular formula is C26H45N. The van der Waals surface area contributed by atoms with E-state index in [1.807, 2.05) is 0 Å². The van der Waals surface area contributed by atoms with Gasteiger partial charge in [-0.25, -0.2) is 0 Å². The Morgan fingerprint density at radius 3 is 1.74 bits per heavy atom. The highest BCUT2D eigenvalue weighted by Gasteiger charge is 1.93. The van der Waals surface area contributed by atoms with Crippen LogP contribution in [-0.4, -0.2) is 6.54 Å². The van der Waals surface area contributed by atoms with Crippen LogP contribution in [0.3, 0.4) is 0 Å². The third kappa shape index (κ3) is 16.8. The molecular weight excluding hydrogens is 326 g/mol. The van der Waals surface area contributed by atoms with Crippen LogP contribution < -0.4 is 5.32 Å². The molecule has 0 unspecified atom stereocenters. The SMILES string of the molecule is CCCCCCCC/C=C\CCCCCCCCCNCc1ccccc1. The highest BCUT2D eigenvalue weighted by molar-refractivity contribution is 5.14. The largest absolute Gasteiger partial charge is 0.313 e. The molecule has 0 saturated heterocycles. The molecule has 1 N–H and O–H groups in total. The molecule has 1 heteroatoms. The van der Waals surface area contributed by atoms with Crippen molar-refractivity contribution >= 4 is 0 Å².